The second kappa shape index (κ2) is 9.74. The highest BCUT2D eigenvalue weighted by Gasteiger charge is 2.11. The molecule has 0 saturated carbocycles. The third-order valence-corrected chi connectivity index (χ3v) is 7.04. The molecule has 1 amide bonds. The van der Waals surface area contributed by atoms with Crippen LogP contribution in [0.2, 0.25) is 5.02 Å². The normalized spacial score (nSPS) is 10.8. The van der Waals surface area contributed by atoms with Crippen molar-refractivity contribution >= 4 is 58.5 Å². The third-order valence-electron chi connectivity index (χ3n) is 4.29. The van der Waals surface area contributed by atoms with Gasteiger partial charge in [0.1, 0.15) is 5.82 Å². The van der Waals surface area contributed by atoms with Crippen LogP contribution >= 0.6 is 46.9 Å². The highest BCUT2D eigenvalue weighted by atomic mass is 35.5. The molecule has 31 heavy (non-hydrogen) atoms. The van der Waals surface area contributed by atoms with Gasteiger partial charge >= 0.3 is 0 Å². The number of benzene rings is 3. The van der Waals surface area contributed by atoms with Gasteiger partial charge in [-0.2, -0.15) is 0 Å². The molecule has 9 heteroatoms. The fourth-order valence-corrected chi connectivity index (χ4v) is 5.27. The lowest BCUT2D eigenvalue weighted by Gasteiger charge is -2.08. The van der Waals surface area contributed by atoms with E-state index in [0.29, 0.717) is 15.2 Å². The Labute approximate surface area is 196 Å². The first-order valence-electron chi connectivity index (χ1n) is 9.13. The maximum atomic E-state index is 13.2. The Balaban J connectivity index is 1.46. The number of thioether (sulfide) groups is 1. The van der Waals surface area contributed by atoms with Gasteiger partial charge in [-0.15, -0.1) is 5.10 Å². The average Bonchev–Trinajstić information content (AvgIpc) is 3.15. The molecule has 0 atom stereocenters. The van der Waals surface area contributed by atoms with Gasteiger partial charge in [0.2, 0.25) is 0 Å². The van der Waals surface area contributed by atoms with Gasteiger partial charge in [-0.25, -0.2) is 9.07 Å². The second-order valence-electron chi connectivity index (χ2n) is 6.45. The van der Waals surface area contributed by atoms with E-state index >= 15 is 0 Å². The van der Waals surface area contributed by atoms with E-state index in [1.165, 1.54) is 29.0 Å². The van der Waals surface area contributed by atoms with Crippen LogP contribution in [-0.4, -0.2) is 15.7 Å². The summed E-state index contributed by atoms with van der Waals surface area (Å²) < 4.78 is 16.4. The van der Waals surface area contributed by atoms with Gasteiger partial charge in [-0.05, 0) is 60.2 Å². The zero-order valence-electron chi connectivity index (χ0n) is 15.9. The molecular formula is C22H15ClFN3OS3. The summed E-state index contributed by atoms with van der Waals surface area (Å²) >= 11 is 14.5. The summed E-state index contributed by atoms with van der Waals surface area (Å²) in [5.41, 5.74) is 2.77. The number of halogens is 2. The second-order valence-corrected chi connectivity index (χ2v) is 9.70. The van der Waals surface area contributed by atoms with Crippen molar-refractivity contribution in [2.24, 2.45) is 0 Å². The fraction of sp³-hybridized carbons (Fsp3) is 0.0455. The third kappa shape index (κ3) is 5.40. The molecule has 1 heterocycles. The molecule has 0 aliphatic rings. The minimum atomic E-state index is -0.464. The quantitative estimate of drug-likeness (QED) is 0.235. The van der Waals surface area contributed by atoms with Crippen molar-refractivity contribution in [3.63, 3.8) is 0 Å². The molecule has 3 aromatic carbocycles. The SMILES string of the molecule is O=C(Nc1ccc(F)cc1Cl)c1ccc(-n2nc(SCc3ccccc3)sc2=S)cc1. The molecule has 1 aromatic heterocycles. The summed E-state index contributed by atoms with van der Waals surface area (Å²) in [5.74, 6) is 0.00321. The summed E-state index contributed by atoms with van der Waals surface area (Å²) in [7, 11) is 0. The molecule has 4 rings (SSSR count). The minimum absolute atomic E-state index is 0.138. The van der Waals surface area contributed by atoms with Crippen LogP contribution in [0.5, 0.6) is 0 Å². The maximum absolute atomic E-state index is 13.2. The maximum Gasteiger partial charge on any atom is 0.255 e. The summed E-state index contributed by atoms with van der Waals surface area (Å²) in [4.78, 5) is 12.5. The van der Waals surface area contributed by atoms with Crippen molar-refractivity contribution in [3.8, 4) is 5.69 Å². The molecule has 156 valence electrons. The monoisotopic (exact) mass is 487 g/mol. The molecule has 0 fully saturated rings. The van der Waals surface area contributed by atoms with Crippen LogP contribution in [0.3, 0.4) is 0 Å². The first kappa shape index (κ1) is 21.7. The van der Waals surface area contributed by atoms with Gasteiger partial charge in [0.05, 0.1) is 16.4 Å². The van der Waals surface area contributed by atoms with Gasteiger partial charge in [-0.3, -0.25) is 4.79 Å². The zero-order chi connectivity index (χ0) is 21.8. The van der Waals surface area contributed by atoms with Crippen LogP contribution in [0, 0.1) is 9.77 Å². The van der Waals surface area contributed by atoms with Crippen LogP contribution in [0.4, 0.5) is 10.1 Å². The van der Waals surface area contributed by atoms with E-state index < -0.39 is 5.82 Å². The Morgan fingerprint density at radius 3 is 2.58 bits per heavy atom. The molecule has 0 unspecified atom stereocenters. The number of nitrogens with zero attached hydrogens (tertiary/aromatic N) is 2. The summed E-state index contributed by atoms with van der Waals surface area (Å²) in [6.07, 6.45) is 0. The molecule has 0 spiro atoms. The van der Waals surface area contributed by atoms with Crippen molar-refractivity contribution in [1.29, 1.82) is 0 Å². The molecule has 1 N–H and O–H groups in total. The summed E-state index contributed by atoms with van der Waals surface area (Å²) in [5, 5.41) is 7.41. The lowest BCUT2D eigenvalue weighted by Crippen LogP contribution is -2.12. The van der Waals surface area contributed by atoms with E-state index in [1.54, 1.807) is 40.7 Å². The number of anilines is 1. The number of carbonyl (C=O) groups excluding carboxylic acids is 1. The van der Waals surface area contributed by atoms with E-state index in [4.69, 9.17) is 23.8 Å². The number of hydrogen-bond donors (Lipinski definition) is 1. The van der Waals surface area contributed by atoms with E-state index in [2.05, 4.69) is 22.5 Å². The van der Waals surface area contributed by atoms with E-state index in [1.807, 2.05) is 18.2 Å². The molecular weight excluding hydrogens is 473 g/mol. The van der Waals surface area contributed by atoms with Gasteiger partial charge in [0, 0.05) is 11.3 Å². The molecule has 4 nitrogen and oxygen atoms in total. The van der Waals surface area contributed by atoms with Crippen LogP contribution in [0.15, 0.2) is 77.1 Å². The molecule has 4 aromatic rings. The summed E-state index contributed by atoms with van der Waals surface area (Å²) in [6, 6.07) is 20.9. The molecule has 0 saturated heterocycles. The Bertz CT molecular complexity index is 1270. The highest BCUT2D eigenvalue weighted by Crippen LogP contribution is 2.27. The van der Waals surface area contributed by atoms with Crippen LogP contribution in [0.25, 0.3) is 5.69 Å². The Kier molecular flexibility index (Phi) is 6.82. The number of rotatable bonds is 6. The number of hydrogen-bond acceptors (Lipinski definition) is 5. The van der Waals surface area contributed by atoms with Crippen LogP contribution in [0.1, 0.15) is 15.9 Å². The van der Waals surface area contributed by atoms with Crippen molar-refractivity contribution in [2.75, 3.05) is 5.32 Å². The largest absolute Gasteiger partial charge is 0.321 e. The number of nitrogens with one attached hydrogen (secondary N) is 1. The fourth-order valence-electron chi connectivity index (χ4n) is 2.74. The van der Waals surface area contributed by atoms with Crippen LogP contribution < -0.4 is 5.32 Å². The number of aromatic nitrogens is 2. The molecule has 0 bridgehead atoms. The van der Waals surface area contributed by atoms with Crippen molar-refractivity contribution in [1.82, 2.24) is 9.78 Å². The minimum Gasteiger partial charge on any atom is -0.321 e. The van der Waals surface area contributed by atoms with Crippen LogP contribution in [-0.2, 0) is 5.75 Å². The van der Waals surface area contributed by atoms with Crippen molar-refractivity contribution < 1.29 is 9.18 Å². The molecule has 0 aliphatic heterocycles. The van der Waals surface area contributed by atoms with E-state index in [-0.39, 0.29) is 10.9 Å². The Morgan fingerprint density at radius 2 is 1.87 bits per heavy atom. The van der Waals surface area contributed by atoms with Gasteiger partial charge in [-0.1, -0.05) is 65.0 Å². The average molecular weight is 488 g/mol. The first-order valence-corrected chi connectivity index (χ1v) is 11.7. The topological polar surface area (TPSA) is 46.9 Å². The van der Waals surface area contributed by atoms with Gasteiger partial charge < -0.3 is 5.32 Å². The lowest BCUT2D eigenvalue weighted by molar-refractivity contribution is 0.102. The predicted octanol–water partition coefficient (Wildman–Crippen LogP) is 7.00. The van der Waals surface area contributed by atoms with Gasteiger partial charge in [0.25, 0.3) is 5.91 Å². The first-order chi connectivity index (χ1) is 15.0. The number of amides is 1. The van der Waals surface area contributed by atoms with E-state index in [0.717, 1.165) is 21.8 Å². The Hall–Kier alpha value is -2.52. The summed E-state index contributed by atoms with van der Waals surface area (Å²) in [6.45, 7) is 0. The highest BCUT2D eigenvalue weighted by molar-refractivity contribution is 8.00. The van der Waals surface area contributed by atoms with Crippen molar-refractivity contribution in [2.45, 2.75) is 10.1 Å². The molecule has 0 aliphatic carbocycles. The molecule has 0 radical (unpaired) electrons. The smallest absolute Gasteiger partial charge is 0.255 e. The lowest BCUT2D eigenvalue weighted by atomic mass is 10.2. The predicted molar refractivity (Wildman–Crippen MR) is 128 cm³/mol. The van der Waals surface area contributed by atoms with Crippen molar-refractivity contribution in [3.05, 3.63) is 98.7 Å². The zero-order valence-corrected chi connectivity index (χ0v) is 19.1. The standard InChI is InChI=1S/C22H15ClFN3OS3/c23-18-12-16(24)8-11-19(18)25-20(28)15-6-9-17(10-7-15)27-22(29)31-21(26-27)30-13-14-4-2-1-3-5-14/h1-12H,13H2,(H,25,28). The number of carbonyl (C=O) groups is 1. The van der Waals surface area contributed by atoms with Gasteiger partial charge in [0.15, 0.2) is 8.29 Å². The van der Waals surface area contributed by atoms with E-state index in [9.17, 15) is 9.18 Å². The Morgan fingerprint density at radius 1 is 1.13 bits per heavy atom.